The third-order valence-corrected chi connectivity index (χ3v) is 22.3. The third kappa shape index (κ3) is 78.5. The van der Waals surface area contributed by atoms with Gasteiger partial charge in [0.1, 0.15) is 19.3 Å². The number of aliphatic hydroxyl groups is 1. The second-order valence-electron chi connectivity index (χ2n) is 32.6. The molecule has 0 saturated carbocycles. The first-order valence-corrected chi connectivity index (χ1v) is 47.2. The number of carbonyl (C=O) groups excluding carboxylic acids is 4. The summed E-state index contributed by atoms with van der Waals surface area (Å²) < 4.78 is 68.9. The Morgan fingerprint density at radius 3 is 0.676 bits per heavy atom. The lowest BCUT2D eigenvalue weighted by Gasteiger charge is -2.21. The van der Waals surface area contributed by atoms with Crippen LogP contribution in [0.3, 0.4) is 0 Å². The van der Waals surface area contributed by atoms with E-state index in [0.29, 0.717) is 25.7 Å². The zero-order valence-corrected chi connectivity index (χ0v) is 71.2. The van der Waals surface area contributed by atoms with Crippen molar-refractivity contribution in [3.05, 3.63) is 0 Å². The number of phosphoric acid groups is 2. The number of esters is 4. The first-order chi connectivity index (χ1) is 50.6. The Morgan fingerprint density at radius 2 is 0.457 bits per heavy atom. The van der Waals surface area contributed by atoms with Gasteiger partial charge in [-0.05, 0) is 49.4 Å². The quantitative estimate of drug-likeness (QED) is 0.0222. The van der Waals surface area contributed by atoms with E-state index in [1.54, 1.807) is 0 Å². The number of rotatable bonds is 83. The summed E-state index contributed by atoms with van der Waals surface area (Å²) in [6, 6.07) is 0. The molecule has 0 aromatic carbocycles. The number of hydrogen-bond acceptors (Lipinski definition) is 15. The maximum Gasteiger partial charge on any atom is 0.472 e. The highest BCUT2D eigenvalue weighted by atomic mass is 31.2. The Morgan fingerprint density at radius 1 is 0.267 bits per heavy atom. The van der Waals surface area contributed by atoms with Crippen molar-refractivity contribution in [1.29, 1.82) is 0 Å². The molecule has 3 unspecified atom stereocenters. The molecule has 0 aliphatic heterocycles. The SMILES string of the molecule is CCC(C)CCCCCCCCC(=O)OC[C@H](COP(=O)(O)OC[C@H](O)COP(=O)(O)OC[C@@H](COC(=O)CCCCCCCCCCCCCCCCCC(C)C)OC(=O)CCCCCCCCCCCCCCCCCC(C)C)OC(=O)CCCCCCCCCCCCCCCCCCC(C)C. The maximum absolute atomic E-state index is 13.1. The maximum atomic E-state index is 13.1. The van der Waals surface area contributed by atoms with Gasteiger partial charge in [0.15, 0.2) is 12.2 Å². The number of ether oxygens (including phenoxy) is 4. The molecular weight excluding hydrogens is 1370 g/mol. The fraction of sp³-hybridized carbons (Fsp3) is 0.953. The minimum Gasteiger partial charge on any atom is -0.462 e. The molecular formula is C86H168O17P2. The van der Waals surface area contributed by atoms with Gasteiger partial charge in [-0.1, -0.05) is 396 Å². The summed E-state index contributed by atoms with van der Waals surface area (Å²) in [5.74, 6) is 1.04. The van der Waals surface area contributed by atoms with E-state index in [4.69, 9.17) is 37.0 Å². The van der Waals surface area contributed by atoms with Gasteiger partial charge >= 0.3 is 39.5 Å². The molecule has 19 heteroatoms. The van der Waals surface area contributed by atoms with Crippen molar-refractivity contribution < 1.29 is 80.2 Å². The highest BCUT2D eigenvalue weighted by Crippen LogP contribution is 2.45. The topological polar surface area (TPSA) is 237 Å². The van der Waals surface area contributed by atoms with Crippen molar-refractivity contribution in [2.75, 3.05) is 39.6 Å². The van der Waals surface area contributed by atoms with Gasteiger partial charge in [0, 0.05) is 25.7 Å². The Hall–Kier alpha value is -1.94. The zero-order chi connectivity index (χ0) is 77.4. The molecule has 0 radical (unpaired) electrons. The minimum absolute atomic E-state index is 0.107. The van der Waals surface area contributed by atoms with E-state index in [1.165, 1.54) is 244 Å². The lowest BCUT2D eigenvalue weighted by molar-refractivity contribution is -0.161. The summed E-state index contributed by atoms with van der Waals surface area (Å²) in [5.41, 5.74) is 0. The Kier molecular flexibility index (Phi) is 73.4. The fourth-order valence-electron chi connectivity index (χ4n) is 13.3. The number of carbonyl (C=O) groups is 4. The molecule has 0 aromatic rings. The van der Waals surface area contributed by atoms with Crippen LogP contribution >= 0.6 is 15.6 Å². The average Bonchev–Trinajstić information content (AvgIpc) is 0.908. The van der Waals surface area contributed by atoms with E-state index in [-0.39, 0.29) is 25.7 Å². The number of phosphoric ester groups is 2. The number of aliphatic hydroxyl groups excluding tert-OH is 1. The highest BCUT2D eigenvalue weighted by molar-refractivity contribution is 7.47. The first kappa shape index (κ1) is 103. The van der Waals surface area contributed by atoms with Crippen LogP contribution in [0.15, 0.2) is 0 Å². The van der Waals surface area contributed by atoms with Crippen LogP contribution in [0.25, 0.3) is 0 Å². The summed E-state index contributed by atoms with van der Waals surface area (Å²) >= 11 is 0. The lowest BCUT2D eigenvalue weighted by Crippen LogP contribution is -2.30. The molecule has 0 bridgehead atoms. The van der Waals surface area contributed by atoms with Gasteiger partial charge in [0.05, 0.1) is 26.4 Å². The minimum atomic E-state index is -4.97. The molecule has 105 heavy (non-hydrogen) atoms. The standard InChI is InChI=1S/C86H168O17P2/c1-9-79(8)65-57-49-44-45-51-59-67-84(89)97-73-82(103-86(91)69-60-52-42-36-30-24-17-11-10-14-20-26-32-38-46-54-62-76(2)3)75-101-105(94,95)99-71-80(87)70-98-104(92,93)100-74-81(102-85(90)68-61-53-43-37-31-25-19-13-16-22-28-34-40-48-56-64-78(6)7)72-96-83(88)66-58-50-41-35-29-23-18-12-15-21-27-33-39-47-55-63-77(4)5/h76-82,87H,9-75H2,1-8H3,(H,92,93)(H,94,95)/t79?,80-,81-,82-/m1/s1. The van der Waals surface area contributed by atoms with Crippen LogP contribution in [0.4, 0.5) is 0 Å². The van der Waals surface area contributed by atoms with Crippen molar-refractivity contribution in [2.45, 2.75) is 465 Å². The summed E-state index contributed by atoms with van der Waals surface area (Å²) in [4.78, 5) is 73.2. The van der Waals surface area contributed by atoms with E-state index in [1.807, 2.05) is 0 Å². The molecule has 0 spiro atoms. The van der Waals surface area contributed by atoms with Gasteiger partial charge in [0.25, 0.3) is 0 Å². The van der Waals surface area contributed by atoms with E-state index >= 15 is 0 Å². The molecule has 0 rings (SSSR count). The Balaban J connectivity index is 5.24. The second-order valence-corrected chi connectivity index (χ2v) is 35.5. The van der Waals surface area contributed by atoms with Crippen molar-refractivity contribution in [3.63, 3.8) is 0 Å². The smallest absolute Gasteiger partial charge is 0.462 e. The van der Waals surface area contributed by atoms with Gasteiger partial charge in [-0.2, -0.15) is 0 Å². The molecule has 17 nitrogen and oxygen atoms in total. The fourth-order valence-corrected chi connectivity index (χ4v) is 14.9. The second kappa shape index (κ2) is 74.8. The van der Waals surface area contributed by atoms with Crippen molar-refractivity contribution in [2.24, 2.45) is 23.7 Å². The van der Waals surface area contributed by atoms with Crippen LogP contribution in [0.5, 0.6) is 0 Å². The largest absolute Gasteiger partial charge is 0.472 e. The van der Waals surface area contributed by atoms with Gasteiger partial charge < -0.3 is 33.8 Å². The Bertz CT molecular complexity index is 2040. The summed E-state index contributed by atoms with van der Waals surface area (Å²) in [6.45, 7) is 14.3. The molecule has 3 N–H and O–H groups in total. The summed E-state index contributed by atoms with van der Waals surface area (Å²) in [7, 11) is -9.93. The number of hydrogen-bond donors (Lipinski definition) is 3. The van der Waals surface area contributed by atoms with Crippen LogP contribution in [-0.2, 0) is 65.4 Å². The predicted octanol–water partition coefficient (Wildman–Crippen LogP) is 25.9. The molecule has 0 fully saturated rings. The lowest BCUT2D eigenvalue weighted by atomic mass is 10.00. The Labute approximate surface area is 645 Å². The van der Waals surface area contributed by atoms with Gasteiger partial charge in [-0.25, -0.2) is 9.13 Å². The highest BCUT2D eigenvalue weighted by Gasteiger charge is 2.31. The summed E-state index contributed by atoms with van der Waals surface area (Å²) in [6.07, 6.45) is 63.9. The first-order valence-electron chi connectivity index (χ1n) is 44.2. The molecule has 0 saturated heterocycles. The molecule has 0 heterocycles. The van der Waals surface area contributed by atoms with Crippen LogP contribution in [0, 0.1) is 23.7 Å². The molecule has 6 atom stereocenters. The van der Waals surface area contributed by atoms with E-state index < -0.39 is 97.5 Å². The van der Waals surface area contributed by atoms with Crippen molar-refractivity contribution in [3.8, 4) is 0 Å². The molecule has 624 valence electrons. The van der Waals surface area contributed by atoms with Crippen molar-refractivity contribution >= 4 is 39.5 Å². The van der Waals surface area contributed by atoms with Crippen LogP contribution in [0.1, 0.15) is 447 Å². The molecule has 0 aliphatic carbocycles. The van der Waals surface area contributed by atoms with E-state index in [9.17, 15) is 43.2 Å². The van der Waals surface area contributed by atoms with Gasteiger partial charge in [-0.15, -0.1) is 0 Å². The average molecular weight is 1540 g/mol. The normalized spacial score (nSPS) is 14.2. The van der Waals surface area contributed by atoms with Gasteiger partial charge in [-0.3, -0.25) is 37.3 Å². The molecule has 0 amide bonds. The molecule has 0 aliphatic rings. The monoisotopic (exact) mass is 1540 g/mol. The molecule has 0 aromatic heterocycles. The predicted molar refractivity (Wildman–Crippen MR) is 432 cm³/mol. The van der Waals surface area contributed by atoms with Crippen molar-refractivity contribution in [1.82, 2.24) is 0 Å². The zero-order valence-electron chi connectivity index (χ0n) is 69.4. The van der Waals surface area contributed by atoms with Gasteiger partial charge in [0.2, 0.25) is 0 Å². The van der Waals surface area contributed by atoms with E-state index in [2.05, 4.69) is 55.4 Å². The van der Waals surface area contributed by atoms with Crippen LogP contribution < -0.4 is 0 Å². The third-order valence-electron chi connectivity index (χ3n) is 20.4. The van der Waals surface area contributed by atoms with Crippen LogP contribution in [0.2, 0.25) is 0 Å². The van der Waals surface area contributed by atoms with Crippen LogP contribution in [-0.4, -0.2) is 96.7 Å². The van der Waals surface area contributed by atoms with E-state index in [0.717, 1.165) is 120 Å². The number of unbranched alkanes of at least 4 members (excludes halogenated alkanes) is 48. The summed E-state index contributed by atoms with van der Waals surface area (Å²) in [5, 5.41) is 10.7.